The lowest BCUT2D eigenvalue weighted by molar-refractivity contribution is 0.870. The second-order valence-corrected chi connectivity index (χ2v) is 3.67. The number of H-pyrrole nitrogens is 1. The lowest BCUT2D eigenvalue weighted by Crippen LogP contribution is -1.90. The van der Waals surface area contributed by atoms with Gasteiger partial charge >= 0.3 is 0 Å². The molecule has 0 unspecified atom stereocenters. The number of rotatable bonds is 1. The first-order valence-electron chi connectivity index (χ1n) is 4.59. The molecule has 1 aromatic carbocycles. The molecule has 14 heavy (non-hydrogen) atoms. The summed E-state index contributed by atoms with van der Waals surface area (Å²) in [4.78, 5) is 0. The standard InChI is InChI=1S/C11H11N3/c1-7(2)10-4-8(5-12)3-9-6-13-14-11(9)10/h3-4,6-7H,1-2H3,(H,13,14). The van der Waals surface area contributed by atoms with E-state index in [1.165, 1.54) is 0 Å². The van der Waals surface area contributed by atoms with Crippen LogP contribution in [-0.4, -0.2) is 10.2 Å². The zero-order valence-corrected chi connectivity index (χ0v) is 8.20. The van der Waals surface area contributed by atoms with E-state index in [9.17, 15) is 0 Å². The number of benzene rings is 1. The van der Waals surface area contributed by atoms with Crippen molar-refractivity contribution in [3.05, 3.63) is 29.5 Å². The van der Waals surface area contributed by atoms with Crippen LogP contribution in [0.3, 0.4) is 0 Å². The van der Waals surface area contributed by atoms with Crippen LogP contribution in [-0.2, 0) is 0 Å². The molecule has 0 radical (unpaired) electrons. The Kier molecular flexibility index (Phi) is 1.97. The summed E-state index contributed by atoms with van der Waals surface area (Å²) in [5.74, 6) is 0.395. The van der Waals surface area contributed by atoms with Crippen LogP contribution in [0.2, 0.25) is 0 Å². The highest BCUT2D eigenvalue weighted by atomic mass is 15.1. The molecule has 1 aromatic heterocycles. The van der Waals surface area contributed by atoms with Gasteiger partial charge in [0, 0.05) is 5.39 Å². The first-order valence-corrected chi connectivity index (χ1v) is 4.59. The summed E-state index contributed by atoms with van der Waals surface area (Å²) in [5.41, 5.74) is 2.89. The number of nitrogens with zero attached hydrogens (tertiary/aromatic N) is 2. The molecule has 2 aromatic rings. The van der Waals surface area contributed by atoms with Gasteiger partial charge in [0.2, 0.25) is 0 Å². The fourth-order valence-corrected chi connectivity index (χ4v) is 1.60. The molecule has 1 N–H and O–H groups in total. The molecular weight excluding hydrogens is 174 g/mol. The van der Waals surface area contributed by atoms with Crippen molar-refractivity contribution < 1.29 is 0 Å². The molecule has 3 nitrogen and oxygen atoms in total. The maximum atomic E-state index is 8.86. The van der Waals surface area contributed by atoms with E-state index in [0.29, 0.717) is 11.5 Å². The van der Waals surface area contributed by atoms with E-state index >= 15 is 0 Å². The Labute approximate surface area is 82.4 Å². The molecule has 70 valence electrons. The molecule has 1 heterocycles. The fourth-order valence-electron chi connectivity index (χ4n) is 1.60. The van der Waals surface area contributed by atoms with Gasteiger partial charge in [-0.2, -0.15) is 10.4 Å². The molecule has 0 spiro atoms. The highest BCUT2D eigenvalue weighted by molar-refractivity contribution is 5.83. The third-order valence-corrected chi connectivity index (χ3v) is 2.33. The van der Waals surface area contributed by atoms with Crippen molar-refractivity contribution in [3.63, 3.8) is 0 Å². The summed E-state index contributed by atoms with van der Waals surface area (Å²) in [6, 6.07) is 5.94. The normalized spacial score (nSPS) is 10.7. The van der Waals surface area contributed by atoms with Crippen LogP contribution >= 0.6 is 0 Å². The number of aromatic nitrogens is 2. The van der Waals surface area contributed by atoms with E-state index in [1.54, 1.807) is 6.20 Å². The first-order chi connectivity index (χ1) is 6.72. The van der Waals surface area contributed by atoms with Gasteiger partial charge in [-0.3, -0.25) is 5.10 Å². The van der Waals surface area contributed by atoms with Crippen LogP contribution in [0.15, 0.2) is 18.3 Å². The Morgan fingerprint density at radius 1 is 1.43 bits per heavy atom. The third kappa shape index (κ3) is 1.25. The molecule has 0 bridgehead atoms. The summed E-state index contributed by atoms with van der Waals surface area (Å²) >= 11 is 0. The minimum Gasteiger partial charge on any atom is -0.278 e. The lowest BCUT2D eigenvalue weighted by atomic mass is 9.98. The van der Waals surface area contributed by atoms with E-state index in [4.69, 9.17) is 5.26 Å². The second kappa shape index (κ2) is 3.15. The topological polar surface area (TPSA) is 52.5 Å². The van der Waals surface area contributed by atoms with E-state index in [0.717, 1.165) is 16.5 Å². The van der Waals surface area contributed by atoms with Gasteiger partial charge in [-0.25, -0.2) is 0 Å². The number of hydrogen-bond acceptors (Lipinski definition) is 2. The van der Waals surface area contributed by atoms with Gasteiger partial charge in [0.15, 0.2) is 0 Å². The first kappa shape index (κ1) is 8.76. The van der Waals surface area contributed by atoms with Crippen molar-refractivity contribution in [2.45, 2.75) is 19.8 Å². The lowest BCUT2D eigenvalue weighted by Gasteiger charge is -2.06. The Hall–Kier alpha value is -1.82. The number of nitriles is 1. The molecule has 0 atom stereocenters. The highest BCUT2D eigenvalue weighted by Crippen LogP contribution is 2.24. The molecule has 0 aliphatic heterocycles. The van der Waals surface area contributed by atoms with Gasteiger partial charge in [-0.05, 0) is 23.6 Å². The van der Waals surface area contributed by atoms with E-state index in [-0.39, 0.29) is 0 Å². The average molecular weight is 185 g/mol. The van der Waals surface area contributed by atoms with Crippen molar-refractivity contribution in [1.29, 1.82) is 5.26 Å². The van der Waals surface area contributed by atoms with Crippen molar-refractivity contribution in [3.8, 4) is 6.07 Å². The molecule has 0 fully saturated rings. The molecule has 0 amide bonds. The smallest absolute Gasteiger partial charge is 0.0991 e. The fraction of sp³-hybridized carbons (Fsp3) is 0.273. The zero-order chi connectivity index (χ0) is 10.1. The maximum Gasteiger partial charge on any atom is 0.0991 e. The van der Waals surface area contributed by atoms with Gasteiger partial charge in [-0.15, -0.1) is 0 Å². The molecule has 2 rings (SSSR count). The quantitative estimate of drug-likeness (QED) is 0.742. The minimum atomic E-state index is 0.395. The van der Waals surface area contributed by atoms with Crippen molar-refractivity contribution in [2.24, 2.45) is 0 Å². The molecule has 3 heteroatoms. The van der Waals surface area contributed by atoms with Crippen LogP contribution in [0.1, 0.15) is 30.9 Å². The number of nitrogens with one attached hydrogen (secondary N) is 1. The zero-order valence-electron chi connectivity index (χ0n) is 8.20. The Bertz CT molecular complexity index is 503. The van der Waals surface area contributed by atoms with Gasteiger partial charge in [0.25, 0.3) is 0 Å². The van der Waals surface area contributed by atoms with Crippen molar-refractivity contribution in [2.75, 3.05) is 0 Å². The number of fused-ring (bicyclic) bond motifs is 1. The van der Waals surface area contributed by atoms with Gasteiger partial charge < -0.3 is 0 Å². The van der Waals surface area contributed by atoms with Crippen molar-refractivity contribution >= 4 is 10.9 Å². The predicted molar refractivity (Wildman–Crippen MR) is 54.9 cm³/mol. The van der Waals surface area contributed by atoms with Gasteiger partial charge in [0.1, 0.15) is 0 Å². The average Bonchev–Trinajstić information content (AvgIpc) is 2.63. The predicted octanol–water partition coefficient (Wildman–Crippen LogP) is 2.56. The summed E-state index contributed by atoms with van der Waals surface area (Å²) in [5, 5.41) is 16.8. The van der Waals surface area contributed by atoms with Crippen LogP contribution in [0.4, 0.5) is 0 Å². The third-order valence-electron chi connectivity index (χ3n) is 2.33. The van der Waals surface area contributed by atoms with Crippen LogP contribution < -0.4 is 0 Å². The largest absolute Gasteiger partial charge is 0.278 e. The van der Waals surface area contributed by atoms with Crippen LogP contribution in [0.5, 0.6) is 0 Å². The number of hydrogen-bond donors (Lipinski definition) is 1. The second-order valence-electron chi connectivity index (χ2n) is 3.67. The Balaban J connectivity index is 2.78. The monoisotopic (exact) mass is 185 g/mol. The van der Waals surface area contributed by atoms with Gasteiger partial charge in [0.05, 0.1) is 23.3 Å². The SMILES string of the molecule is CC(C)c1cc(C#N)cc2cn[nH]c12. The number of aromatic amines is 1. The van der Waals surface area contributed by atoms with Crippen LogP contribution in [0.25, 0.3) is 10.9 Å². The van der Waals surface area contributed by atoms with E-state index in [2.05, 4.69) is 30.1 Å². The van der Waals surface area contributed by atoms with Gasteiger partial charge in [-0.1, -0.05) is 13.8 Å². The van der Waals surface area contributed by atoms with Crippen molar-refractivity contribution in [1.82, 2.24) is 10.2 Å². The summed E-state index contributed by atoms with van der Waals surface area (Å²) in [6.45, 7) is 4.22. The molecule has 0 saturated heterocycles. The van der Waals surface area contributed by atoms with E-state index < -0.39 is 0 Å². The molecule has 0 saturated carbocycles. The maximum absolute atomic E-state index is 8.86. The molecule has 0 aliphatic rings. The summed E-state index contributed by atoms with van der Waals surface area (Å²) in [7, 11) is 0. The molecule has 0 aliphatic carbocycles. The summed E-state index contributed by atoms with van der Waals surface area (Å²) < 4.78 is 0. The Morgan fingerprint density at radius 2 is 2.21 bits per heavy atom. The highest BCUT2D eigenvalue weighted by Gasteiger charge is 2.08. The molecular formula is C11H11N3. The minimum absolute atomic E-state index is 0.395. The van der Waals surface area contributed by atoms with E-state index in [1.807, 2.05) is 12.1 Å². The van der Waals surface area contributed by atoms with Crippen LogP contribution in [0, 0.1) is 11.3 Å². The Morgan fingerprint density at radius 3 is 2.86 bits per heavy atom. The summed E-state index contributed by atoms with van der Waals surface area (Å²) in [6.07, 6.45) is 1.75.